The molecule has 1 aromatic carbocycles. The number of H-pyrrole nitrogens is 1. The maximum Gasteiger partial charge on any atom is 0.433 e. The van der Waals surface area contributed by atoms with Gasteiger partial charge in [0.15, 0.2) is 5.69 Å². The van der Waals surface area contributed by atoms with E-state index in [1.54, 1.807) is 18.2 Å². The summed E-state index contributed by atoms with van der Waals surface area (Å²) in [7, 11) is 0. The van der Waals surface area contributed by atoms with E-state index in [0.29, 0.717) is 35.6 Å². The average molecular weight is 373 g/mol. The molecule has 0 saturated heterocycles. The third kappa shape index (κ3) is 4.12. The second-order valence-electron chi connectivity index (χ2n) is 5.63. The summed E-state index contributed by atoms with van der Waals surface area (Å²) in [4.78, 5) is 3.50. The minimum atomic E-state index is -4.50. The molecule has 0 radical (unpaired) electrons. The number of hydrogen-bond acceptors (Lipinski definition) is 5. The molecule has 138 valence electrons. The van der Waals surface area contributed by atoms with Crippen LogP contribution in [0.5, 0.6) is 0 Å². The normalized spacial score (nSPS) is 11.4. The molecule has 3 rings (SSSR count). The van der Waals surface area contributed by atoms with Crippen LogP contribution in [0.4, 0.5) is 13.2 Å². The first-order chi connectivity index (χ1) is 12.9. The quantitative estimate of drug-likeness (QED) is 0.731. The summed E-state index contributed by atoms with van der Waals surface area (Å²) in [6.45, 7) is 2.68. The molecule has 0 bridgehead atoms. The molecule has 0 saturated carbocycles. The van der Waals surface area contributed by atoms with Crippen molar-refractivity contribution in [2.24, 2.45) is 0 Å². The molecule has 3 aromatic rings. The standard InChI is InChI=1S/C18H14F3N5O/c1-2-27-10-11-5-13(12-3-4-16(23-9-12)18(19,20)21)7-14(6-11)17-15(8-22)24-26-25-17/h3-7,9H,2,10H2,1H3,(H,24,25,26). The third-order valence-electron chi connectivity index (χ3n) is 3.79. The van der Waals surface area contributed by atoms with Crippen LogP contribution in [-0.4, -0.2) is 27.0 Å². The van der Waals surface area contributed by atoms with Gasteiger partial charge in [-0.3, -0.25) is 4.98 Å². The number of alkyl halides is 3. The summed E-state index contributed by atoms with van der Waals surface area (Å²) >= 11 is 0. The van der Waals surface area contributed by atoms with Crippen molar-refractivity contribution in [1.29, 1.82) is 5.26 Å². The molecule has 0 aliphatic carbocycles. The molecule has 0 fully saturated rings. The summed E-state index contributed by atoms with van der Waals surface area (Å²) in [5.74, 6) is 0. The van der Waals surface area contributed by atoms with E-state index in [4.69, 9.17) is 10.00 Å². The Kier molecular flexibility index (Phi) is 5.19. The highest BCUT2D eigenvalue weighted by Crippen LogP contribution is 2.31. The van der Waals surface area contributed by atoms with Crippen molar-refractivity contribution >= 4 is 0 Å². The second-order valence-corrected chi connectivity index (χ2v) is 5.63. The van der Waals surface area contributed by atoms with Crippen LogP contribution in [-0.2, 0) is 17.5 Å². The predicted octanol–water partition coefficient (Wildman–Crippen LogP) is 3.96. The fraction of sp³-hybridized carbons (Fsp3) is 0.222. The average Bonchev–Trinajstić information content (AvgIpc) is 3.14. The number of aromatic nitrogens is 4. The molecule has 0 amide bonds. The molecule has 2 heterocycles. The Labute approximate surface area is 152 Å². The number of nitrogens with zero attached hydrogens (tertiary/aromatic N) is 4. The zero-order valence-electron chi connectivity index (χ0n) is 14.2. The third-order valence-corrected chi connectivity index (χ3v) is 3.79. The van der Waals surface area contributed by atoms with Gasteiger partial charge in [0.25, 0.3) is 0 Å². The van der Waals surface area contributed by atoms with Crippen molar-refractivity contribution in [3.63, 3.8) is 0 Å². The number of pyridine rings is 1. The van der Waals surface area contributed by atoms with Crippen molar-refractivity contribution in [3.8, 4) is 28.5 Å². The van der Waals surface area contributed by atoms with Crippen LogP contribution in [0.2, 0.25) is 0 Å². The highest BCUT2D eigenvalue weighted by Gasteiger charge is 2.32. The lowest BCUT2D eigenvalue weighted by Crippen LogP contribution is -2.07. The topological polar surface area (TPSA) is 87.5 Å². The van der Waals surface area contributed by atoms with E-state index in [1.807, 2.05) is 13.0 Å². The van der Waals surface area contributed by atoms with Crippen molar-refractivity contribution in [1.82, 2.24) is 20.4 Å². The summed E-state index contributed by atoms with van der Waals surface area (Å²) in [6.07, 6.45) is -3.33. The molecular formula is C18H14F3N5O. The van der Waals surface area contributed by atoms with Gasteiger partial charge in [-0.2, -0.15) is 18.4 Å². The first-order valence-corrected chi connectivity index (χ1v) is 7.99. The van der Waals surface area contributed by atoms with Crippen LogP contribution in [0.3, 0.4) is 0 Å². The van der Waals surface area contributed by atoms with Gasteiger partial charge in [0.1, 0.15) is 17.5 Å². The number of hydrogen-bond donors (Lipinski definition) is 1. The summed E-state index contributed by atoms with van der Waals surface area (Å²) in [5.41, 5.74) is 2.13. The van der Waals surface area contributed by atoms with Crippen molar-refractivity contribution in [3.05, 3.63) is 53.5 Å². The van der Waals surface area contributed by atoms with Crippen LogP contribution in [0.25, 0.3) is 22.4 Å². The minimum Gasteiger partial charge on any atom is -0.377 e. The Hall–Kier alpha value is -3.25. The Bertz CT molecular complexity index is 974. The van der Waals surface area contributed by atoms with Gasteiger partial charge in [-0.05, 0) is 42.3 Å². The van der Waals surface area contributed by atoms with Gasteiger partial charge in [-0.1, -0.05) is 11.3 Å². The van der Waals surface area contributed by atoms with Gasteiger partial charge in [0, 0.05) is 23.9 Å². The molecule has 1 N–H and O–H groups in total. The number of nitrogens with one attached hydrogen (secondary N) is 1. The molecule has 0 spiro atoms. The first-order valence-electron chi connectivity index (χ1n) is 7.99. The number of halogens is 3. The highest BCUT2D eigenvalue weighted by molar-refractivity contribution is 5.74. The van der Waals surface area contributed by atoms with E-state index in [-0.39, 0.29) is 5.69 Å². The molecular weight excluding hydrogens is 359 g/mol. The van der Waals surface area contributed by atoms with Crippen LogP contribution in [0, 0.1) is 11.3 Å². The van der Waals surface area contributed by atoms with Crippen molar-refractivity contribution in [2.45, 2.75) is 19.7 Å². The maximum absolute atomic E-state index is 12.7. The lowest BCUT2D eigenvalue weighted by molar-refractivity contribution is -0.141. The molecule has 0 aliphatic heterocycles. The molecule has 0 atom stereocenters. The van der Waals surface area contributed by atoms with Gasteiger partial charge in [-0.15, -0.1) is 5.10 Å². The SMILES string of the molecule is CCOCc1cc(-c2ccc(C(F)(F)F)nc2)cc(-c2nn[nH]c2C#N)c1. The van der Waals surface area contributed by atoms with Crippen molar-refractivity contribution in [2.75, 3.05) is 6.61 Å². The number of benzene rings is 1. The fourth-order valence-electron chi connectivity index (χ4n) is 2.54. The minimum absolute atomic E-state index is 0.194. The van der Waals surface area contributed by atoms with Gasteiger partial charge >= 0.3 is 6.18 Å². The molecule has 2 aromatic heterocycles. The number of rotatable bonds is 5. The van der Waals surface area contributed by atoms with Gasteiger partial charge in [0.05, 0.1) is 6.61 Å². The second kappa shape index (κ2) is 7.55. The van der Waals surface area contributed by atoms with Crippen LogP contribution in [0.1, 0.15) is 23.9 Å². The van der Waals surface area contributed by atoms with E-state index in [9.17, 15) is 13.2 Å². The maximum atomic E-state index is 12.7. The first kappa shape index (κ1) is 18.5. The summed E-state index contributed by atoms with van der Waals surface area (Å²) in [6, 6.07) is 9.58. The molecule has 0 unspecified atom stereocenters. The number of aromatic amines is 1. The largest absolute Gasteiger partial charge is 0.433 e. The van der Waals surface area contributed by atoms with E-state index in [1.165, 1.54) is 12.3 Å². The summed E-state index contributed by atoms with van der Waals surface area (Å²) < 4.78 is 43.6. The van der Waals surface area contributed by atoms with E-state index >= 15 is 0 Å². The van der Waals surface area contributed by atoms with Crippen LogP contribution < -0.4 is 0 Å². The van der Waals surface area contributed by atoms with E-state index in [2.05, 4.69) is 20.4 Å². The lowest BCUT2D eigenvalue weighted by atomic mass is 9.98. The van der Waals surface area contributed by atoms with Gasteiger partial charge in [0.2, 0.25) is 0 Å². The van der Waals surface area contributed by atoms with Gasteiger partial charge in [-0.25, -0.2) is 5.10 Å². The molecule has 27 heavy (non-hydrogen) atoms. The zero-order valence-corrected chi connectivity index (χ0v) is 14.2. The van der Waals surface area contributed by atoms with Gasteiger partial charge < -0.3 is 4.74 Å². The molecule has 6 nitrogen and oxygen atoms in total. The van der Waals surface area contributed by atoms with Crippen LogP contribution in [0.15, 0.2) is 36.5 Å². The Morgan fingerprint density at radius 3 is 2.56 bits per heavy atom. The number of ether oxygens (including phenoxy) is 1. The number of nitriles is 1. The fourth-order valence-corrected chi connectivity index (χ4v) is 2.54. The Morgan fingerprint density at radius 2 is 1.93 bits per heavy atom. The lowest BCUT2D eigenvalue weighted by Gasteiger charge is -2.10. The zero-order chi connectivity index (χ0) is 19.4. The highest BCUT2D eigenvalue weighted by atomic mass is 19.4. The van der Waals surface area contributed by atoms with Crippen molar-refractivity contribution < 1.29 is 17.9 Å². The monoisotopic (exact) mass is 373 g/mol. The Balaban J connectivity index is 2.06. The molecule has 0 aliphatic rings. The summed E-state index contributed by atoms with van der Waals surface area (Å²) in [5, 5.41) is 19.2. The van der Waals surface area contributed by atoms with E-state index in [0.717, 1.165) is 11.6 Å². The van der Waals surface area contributed by atoms with E-state index < -0.39 is 11.9 Å². The Morgan fingerprint density at radius 1 is 1.15 bits per heavy atom. The predicted molar refractivity (Wildman–Crippen MR) is 90.1 cm³/mol. The molecule has 9 heteroatoms. The smallest absolute Gasteiger partial charge is 0.377 e. The van der Waals surface area contributed by atoms with Crippen LogP contribution >= 0.6 is 0 Å².